The lowest BCUT2D eigenvalue weighted by molar-refractivity contribution is 0.0947. The second-order valence-corrected chi connectivity index (χ2v) is 5.13. The third-order valence-corrected chi connectivity index (χ3v) is 3.44. The molecule has 0 unspecified atom stereocenters. The Bertz CT molecular complexity index is 613. The van der Waals surface area contributed by atoms with Gasteiger partial charge in [0.25, 0.3) is 5.91 Å². The fourth-order valence-corrected chi connectivity index (χ4v) is 2.06. The van der Waals surface area contributed by atoms with E-state index >= 15 is 0 Å². The molecule has 0 saturated heterocycles. The van der Waals surface area contributed by atoms with Crippen LogP contribution in [0.15, 0.2) is 12.4 Å². The van der Waals surface area contributed by atoms with Crippen molar-refractivity contribution < 1.29 is 4.79 Å². The number of anilines is 1. The zero-order chi connectivity index (χ0) is 15.4. The summed E-state index contributed by atoms with van der Waals surface area (Å²) in [6.07, 6.45) is 4.18. The summed E-state index contributed by atoms with van der Waals surface area (Å²) in [5.41, 5.74) is 7.23. The summed E-state index contributed by atoms with van der Waals surface area (Å²) in [4.78, 5) is 12.0. The van der Waals surface area contributed by atoms with Gasteiger partial charge >= 0.3 is 0 Å². The fourth-order valence-electron chi connectivity index (χ4n) is 1.91. The number of rotatable bonds is 6. The van der Waals surface area contributed by atoms with Crippen LogP contribution in [0.25, 0.3) is 0 Å². The van der Waals surface area contributed by atoms with Crippen LogP contribution in [-0.2, 0) is 13.1 Å². The Kier molecular flexibility index (Phi) is 4.85. The lowest BCUT2D eigenvalue weighted by atomic mass is 10.3. The number of nitrogens with two attached hydrogens (primary N) is 1. The molecule has 0 aliphatic heterocycles. The molecule has 114 valence electrons. The predicted molar refractivity (Wildman–Crippen MR) is 81.2 cm³/mol. The second-order valence-electron chi connectivity index (χ2n) is 4.72. The number of carbonyl (C=O) groups excluding carboxylic acids is 1. The molecule has 0 aromatic carbocycles. The highest BCUT2D eigenvalue weighted by Gasteiger charge is 2.13. The van der Waals surface area contributed by atoms with Crippen LogP contribution >= 0.6 is 11.6 Å². The minimum Gasteiger partial charge on any atom is -0.396 e. The van der Waals surface area contributed by atoms with E-state index in [9.17, 15) is 4.79 Å². The van der Waals surface area contributed by atoms with Crippen molar-refractivity contribution in [2.75, 3.05) is 12.3 Å². The molecule has 2 rings (SSSR count). The topological polar surface area (TPSA) is 90.8 Å². The summed E-state index contributed by atoms with van der Waals surface area (Å²) >= 11 is 5.93. The van der Waals surface area contributed by atoms with Gasteiger partial charge in [-0.15, -0.1) is 0 Å². The van der Waals surface area contributed by atoms with E-state index in [0.29, 0.717) is 30.3 Å². The molecule has 0 aliphatic rings. The number of nitrogen functional groups attached to an aromatic ring is 1. The smallest absolute Gasteiger partial charge is 0.273 e. The van der Waals surface area contributed by atoms with E-state index in [1.165, 1.54) is 0 Å². The Morgan fingerprint density at radius 1 is 1.38 bits per heavy atom. The first-order valence-electron chi connectivity index (χ1n) is 6.82. The minimum atomic E-state index is -0.255. The Hall–Kier alpha value is -2.02. The highest BCUT2D eigenvalue weighted by Crippen LogP contribution is 2.12. The molecule has 0 bridgehead atoms. The van der Waals surface area contributed by atoms with Gasteiger partial charge in [-0.25, -0.2) is 0 Å². The lowest BCUT2D eigenvalue weighted by Gasteiger charge is -2.04. The molecular formula is C13H19ClN6O. The number of halogens is 1. The summed E-state index contributed by atoms with van der Waals surface area (Å²) in [7, 11) is 0. The van der Waals surface area contributed by atoms with Gasteiger partial charge in [-0.05, 0) is 20.3 Å². The quantitative estimate of drug-likeness (QED) is 0.790. The molecule has 0 saturated carbocycles. The van der Waals surface area contributed by atoms with Crippen molar-refractivity contribution in [2.45, 2.75) is 33.4 Å². The van der Waals surface area contributed by atoms with Crippen LogP contribution in [0.3, 0.4) is 0 Å². The number of nitrogens with one attached hydrogen (secondary N) is 1. The Balaban J connectivity index is 1.80. The van der Waals surface area contributed by atoms with Gasteiger partial charge in [0.15, 0.2) is 5.69 Å². The summed E-state index contributed by atoms with van der Waals surface area (Å²) in [6, 6.07) is 0. The van der Waals surface area contributed by atoms with Crippen molar-refractivity contribution in [3.05, 3.63) is 28.8 Å². The van der Waals surface area contributed by atoms with Crippen LogP contribution in [0.2, 0.25) is 5.02 Å². The van der Waals surface area contributed by atoms with Gasteiger partial charge in [0.05, 0.1) is 16.4 Å². The molecule has 2 aromatic heterocycles. The van der Waals surface area contributed by atoms with Crippen LogP contribution in [0.1, 0.15) is 29.5 Å². The molecule has 0 spiro atoms. The summed E-state index contributed by atoms with van der Waals surface area (Å²) in [6.45, 7) is 5.68. The summed E-state index contributed by atoms with van der Waals surface area (Å²) < 4.78 is 3.41. The van der Waals surface area contributed by atoms with E-state index in [1.54, 1.807) is 21.8 Å². The maximum Gasteiger partial charge on any atom is 0.273 e. The van der Waals surface area contributed by atoms with Crippen molar-refractivity contribution in [3.63, 3.8) is 0 Å². The van der Waals surface area contributed by atoms with Crippen LogP contribution in [0.5, 0.6) is 0 Å². The molecule has 3 N–H and O–H groups in total. The lowest BCUT2D eigenvalue weighted by Crippen LogP contribution is -2.26. The first-order chi connectivity index (χ1) is 10.0. The van der Waals surface area contributed by atoms with E-state index in [1.807, 2.05) is 13.8 Å². The standard InChI is InChI=1S/C13H19ClN6O/c1-3-19-8-11(15)12(18-19)13(21)16-5-4-6-20-7-10(14)9(2)17-20/h7-8H,3-6,15H2,1-2H3,(H,16,21). The fraction of sp³-hybridized carbons (Fsp3) is 0.462. The molecule has 8 heteroatoms. The van der Waals surface area contributed by atoms with Crippen LogP contribution in [-0.4, -0.2) is 32.0 Å². The number of amides is 1. The molecule has 0 aliphatic carbocycles. The normalized spacial score (nSPS) is 10.8. The highest BCUT2D eigenvalue weighted by atomic mass is 35.5. The van der Waals surface area contributed by atoms with Gasteiger partial charge in [-0.2, -0.15) is 10.2 Å². The Morgan fingerprint density at radius 3 is 2.71 bits per heavy atom. The highest BCUT2D eigenvalue weighted by molar-refractivity contribution is 6.31. The van der Waals surface area contributed by atoms with E-state index in [0.717, 1.165) is 12.1 Å². The van der Waals surface area contributed by atoms with Crippen molar-refractivity contribution >= 4 is 23.2 Å². The minimum absolute atomic E-state index is 0.255. The van der Waals surface area contributed by atoms with E-state index in [4.69, 9.17) is 17.3 Å². The van der Waals surface area contributed by atoms with Crippen molar-refractivity contribution in [3.8, 4) is 0 Å². The molecule has 0 fully saturated rings. The van der Waals surface area contributed by atoms with Gasteiger partial charge in [0.1, 0.15) is 0 Å². The monoisotopic (exact) mass is 310 g/mol. The Morgan fingerprint density at radius 2 is 2.14 bits per heavy atom. The number of aryl methyl sites for hydroxylation is 3. The average molecular weight is 311 g/mol. The van der Waals surface area contributed by atoms with Crippen molar-refractivity contribution in [1.82, 2.24) is 24.9 Å². The number of aromatic nitrogens is 4. The third-order valence-electron chi connectivity index (χ3n) is 3.07. The molecule has 21 heavy (non-hydrogen) atoms. The molecule has 2 heterocycles. The van der Waals surface area contributed by atoms with Gasteiger partial charge in [-0.3, -0.25) is 14.2 Å². The van der Waals surface area contributed by atoms with Crippen LogP contribution in [0, 0.1) is 6.92 Å². The molecular weight excluding hydrogens is 292 g/mol. The predicted octanol–water partition coefficient (Wildman–Crippen LogP) is 1.46. The van der Waals surface area contributed by atoms with Gasteiger partial charge < -0.3 is 11.1 Å². The van der Waals surface area contributed by atoms with Gasteiger partial charge in [0.2, 0.25) is 0 Å². The Labute approximate surface area is 128 Å². The molecule has 2 aromatic rings. The first-order valence-corrected chi connectivity index (χ1v) is 7.19. The third kappa shape index (κ3) is 3.75. The molecule has 0 atom stereocenters. The largest absolute Gasteiger partial charge is 0.396 e. The van der Waals surface area contributed by atoms with Crippen LogP contribution in [0.4, 0.5) is 5.69 Å². The maximum atomic E-state index is 12.0. The van der Waals surface area contributed by atoms with E-state index < -0.39 is 0 Å². The van der Waals surface area contributed by atoms with Gasteiger partial charge in [0, 0.05) is 32.0 Å². The zero-order valence-corrected chi connectivity index (χ0v) is 12.9. The maximum absolute atomic E-state index is 12.0. The van der Waals surface area contributed by atoms with Crippen LogP contribution < -0.4 is 11.1 Å². The second kappa shape index (κ2) is 6.62. The number of carbonyl (C=O) groups is 1. The molecule has 7 nitrogen and oxygen atoms in total. The average Bonchev–Trinajstić information content (AvgIpc) is 2.98. The van der Waals surface area contributed by atoms with Crippen molar-refractivity contribution in [1.29, 1.82) is 0 Å². The summed E-state index contributed by atoms with van der Waals surface area (Å²) in [5.74, 6) is -0.255. The molecule has 1 amide bonds. The van der Waals surface area contributed by atoms with E-state index in [2.05, 4.69) is 15.5 Å². The number of hydrogen-bond donors (Lipinski definition) is 2. The van der Waals surface area contributed by atoms with E-state index in [-0.39, 0.29) is 11.6 Å². The zero-order valence-electron chi connectivity index (χ0n) is 12.1. The molecule has 0 radical (unpaired) electrons. The summed E-state index contributed by atoms with van der Waals surface area (Å²) in [5, 5.41) is 11.8. The number of nitrogens with zero attached hydrogens (tertiary/aromatic N) is 4. The SMILES string of the molecule is CCn1cc(N)c(C(=O)NCCCn2cc(Cl)c(C)n2)n1. The number of hydrogen-bond acceptors (Lipinski definition) is 4. The van der Waals surface area contributed by atoms with Crippen molar-refractivity contribution in [2.24, 2.45) is 0 Å². The first kappa shape index (κ1) is 15.4. The van der Waals surface area contributed by atoms with Gasteiger partial charge in [-0.1, -0.05) is 11.6 Å².